The van der Waals surface area contributed by atoms with Gasteiger partial charge in [-0.25, -0.2) is 18.1 Å². The Balaban J connectivity index is 2.00. The van der Waals surface area contributed by atoms with Crippen LogP contribution in [0.25, 0.3) is 0 Å². The summed E-state index contributed by atoms with van der Waals surface area (Å²) in [5.74, 6) is -0.0494. The molecule has 5 nitrogen and oxygen atoms in total. The maximum atomic E-state index is 11.9. The van der Waals surface area contributed by atoms with Crippen molar-refractivity contribution in [3.63, 3.8) is 0 Å². The van der Waals surface area contributed by atoms with Crippen LogP contribution in [0.5, 0.6) is 0 Å². The molecule has 0 bridgehead atoms. The van der Waals surface area contributed by atoms with Crippen LogP contribution in [-0.2, 0) is 28.9 Å². The van der Waals surface area contributed by atoms with Gasteiger partial charge in [0, 0.05) is 18.1 Å². The highest BCUT2D eigenvalue weighted by Crippen LogP contribution is 2.09. The molecule has 1 aromatic carbocycles. The minimum Gasteiger partial charge on any atom is -0.326 e. The summed E-state index contributed by atoms with van der Waals surface area (Å²) in [6.07, 6.45) is 1.65. The van der Waals surface area contributed by atoms with Gasteiger partial charge in [0.15, 0.2) is 0 Å². The summed E-state index contributed by atoms with van der Waals surface area (Å²) in [6, 6.07) is 7.28. The first-order valence-electron chi connectivity index (χ1n) is 5.72. The molecule has 1 aromatic heterocycles. The first-order chi connectivity index (χ1) is 9.09. The Hall–Kier alpha value is -1.28. The maximum absolute atomic E-state index is 11.9. The van der Waals surface area contributed by atoms with E-state index in [1.807, 2.05) is 23.6 Å². The fourth-order valence-corrected chi connectivity index (χ4v) is 3.35. The topological polar surface area (TPSA) is 85.1 Å². The number of nitrogens with one attached hydrogen (secondary N) is 1. The van der Waals surface area contributed by atoms with Gasteiger partial charge in [-0.05, 0) is 11.1 Å². The number of hydrogen-bond donors (Lipinski definition) is 2. The van der Waals surface area contributed by atoms with Gasteiger partial charge in [0.25, 0.3) is 0 Å². The number of nitrogens with two attached hydrogens (primary N) is 1. The third-order valence-corrected chi connectivity index (χ3v) is 4.59. The SMILES string of the molecule is NCc1cccc(CS(=O)(=O)NCc2nccs2)c1. The number of aromatic nitrogens is 1. The van der Waals surface area contributed by atoms with Crippen LogP contribution in [0, 0.1) is 0 Å². The first-order valence-corrected chi connectivity index (χ1v) is 8.26. The Morgan fingerprint density at radius 1 is 1.32 bits per heavy atom. The van der Waals surface area contributed by atoms with E-state index in [-0.39, 0.29) is 12.3 Å². The van der Waals surface area contributed by atoms with Crippen molar-refractivity contribution < 1.29 is 8.42 Å². The molecule has 0 saturated heterocycles. The fraction of sp³-hybridized carbons (Fsp3) is 0.250. The van der Waals surface area contributed by atoms with Crippen LogP contribution >= 0.6 is 11.3 Å². The summed E-state index contributed by atoms with van der Waals surface area (Å²) in [6.45, 7) is 0.636. The maximum Gasteiger partial charge on any atom is 0.216 e. The highest BCUT2D eigenvalue weighted by molar-refractivity contribution is 7.88. The smallest absolute Gasteiger partial charge is 0.216 e. The van der Waals surface area contributed by atoms with Crippen molar-refractivity contribution in [1.82, 2.24) is 9.71 Å². The second-order valence-electron chi connectivity index (χ2n) is 4.03. The predicted octanol–water partition coefficient (Wildman–Crippen LogP) is 1.22. The van der Waals surface area contributed by atoms with E-state index in [1.54, 1.807) is 12.3 Å². The van der Waals surface area contributed by atoms with E-state index in [9.17, 15) is 8.42 Å². The molecule has 0 aliphatic carbocycles. The summed E-state index contributed by atoms with van der Waals surface area (Å²) in [4.78, 5) is 4.03. The van der Waals surface area contributed by atoms with E-state index in [0.717, 1.165) is 16.1 Å². The van der Waals surface area contributed by atoms with Crippen molar-refractivity contribution in [3.8, 4) is 0 Å². The molecular weight excluding hydrogens is 282 g/mol. The Morgan fingerprint density at radius 2 is 2.11 bits per heavy atom. The zero-order chi connectivity index (χ0) is 13.7. The van der Waals surface area contributed by atoms with Gasteiger partial charge in [0.1, 0.15) is 5.01 Å². The van der Waals surface area contributed by atoms with E-state index in [0.29, 0.717) is 6.54 Å². The van der Waals surface area contributed by atoms with Crippen LogP contribution < -0.4 is 10.5 Å². The molecule has 3 N–H and O–H groups in total. The molecule has 19 heavy (non-hydrogen) atoms. The van der Waals surface area contributed by atoms with Gasteiger partial charge in [0.05, 0.1) is 12.3 Å². The van der Waals surface area contributed by atoms with Gasteiger partial charge in [-0.15, -0.1) is 11.3 Å². The molecule has 0 radical (unpaired) electrons. The van der Waals surface area contributed by atoms with Crippen molar-refractivity contribution in [2.24, 2.45) is 5.73 Å². The van der Waals surface area contributed by atoms with Crippen molar-refractivity contribution in [1.29, 1.82) is 0 Å². The number of rotatable bonds is 6. The van der Waals surface area contributed by atoms with Crippen LogP contribution in [0.3, 0.4) is 0 Å². The summed E-state index contributed by atoms with van der Waals surface area (Å²) >= 11 is 1.42. The van der Waals surface area contributed by atoms with E-state index in [2.05, 4.69) is 9.71 Å². The van der Waals surface area contributed by atoms with E-state index in [1.165, 1.54) is 11.3 Å². The Bertz CT molecular complexity index is 624. The monoisotopic (exact) mass is 297 g/mol. The molecule has 102 valence electrons. The Kier molecular flexibility index (Phi) is 4.65. The molecule has 0 saturated carbocycles. The van der Waals surface area contributed by atoms with Crippen molar-refractivity contribution in [3.05, 3.63) is 52.0 Å². The molecule has 7 heteroatoms. The van der Waals surface area contributed by atoms with Crippen LogP contribution in [0.2, 0.25) is 0 Å². The zero-order valence-corrected chi connectivity index (χ0v) is 11.9. The van der Waals surface area contributed by atoms with Crippen molar-refractivity contribution >= 4 is 21.4 Å². The fourth-order valence-electron chi connectivity index (χ4n) is 1.63. The van der Waals surface area contributed by atoms with E-state index in [4.69, 9.17) is 5.73 Å². The summed E-state index contributed by atoms with van der Waals surface area (Å²) in [5.41, 5.74) is 7.19. The largest absolute Gasteiger partial charge is 0.326 e. The first kappa shape index (κ1) is 14.1. The minimum atomic E-state index is -3.36. The summed E-state index contributed by atoms with van der Waals surface area (Å²) in [5, 5.41) is 2.56. The van der Waals surface area contributed by atoms with Gasteiger partial charge in [0.2, 0.25) is 10.0 Å². The molecule has 2 rings (SSSR count). The molecule has 1 heterocycles. The van der Waals surface area contributed by atoms with E-state index < -0.39 is 10.0 Å². The highest BCUT2D eigenvalue weighted by atomic mass is 32.2. The normalized spacial score (nSPS) is 11.6. The van der Waals surface area contributed by atoms with Crippen LogP contribution in [-0.4, -0.2) is 13.4 Å². The highest BCUT2D eigenvalue weighted by Gasteiger charge is 2.12. The average Bonchev–Trinajstić information content (AvgIpc) is 2.89. The van der Waals surface area contributed by atoms with Gasteiger partial charge >= 0.3 is 0 Å². The number of hydrogen-bond acceptors (Lipinski definition) is 5. The lowest BCUT2D eigenvalue weighted by Crippen LogP contribution is -2.24. The van der Waals surface area contributed by atoms with Gasteiger partial charge < -0.3 is 5.73 Å². The second kappa shape index (κ2) is 6.25. The molecule has 0 atom stereocenters. The molecule has 0 spiro atoms. The third kappa shape index (κ3) is 4.39. The lowest BCUT2D eigenvalue weighted by molar-refractivity contribution is 0.580. The van der Waals surface area contributed by atoms with Crippen LogP contribution in [0.15, 0.2) is 35.8 Å². The number of benzene rings is 1. The number of thiazole rings is 1. The predicted molar refractivity (Wildman–Crippen MR) is 75.9 cm³/mol. The van der Waals surface area contributed by atoms with E-state index >= 15 is 0 Å². The molecule has 0 fully saturated rings. The second-order valence-corrected chi connectivity index (χ2v) is 6.82. The lowest BCUT2D eigenvalue weighted by Gasteiger charge is -2.06. The third-order valence-electron chi connectivity index (χ3n) is 2.51. The molecule has 0 unspecified atom stereocenters. The van der Waals surface area contributed by atoms with Gasteiger partial charge in [-0.3, -0.25) is 0 Å². The van der Waals surface area contributed by atoms with Crippen molar-refractivity contribution in [2.45, 2.75) is 18.8 Å². The summed E-state index contributed by atoms with van der Waals surface area (Å²) in [7, 11) is -3.36. The standard InChI is InChI=1S/C12H15N3O2S2/c13-7-10-2-1-3-11(6-10)9-19(16,17)15-8-12-14-4-5-18-12/h1-6,15H,7-9,13H2. The quantitative estimate of drug-likeness (QED) is 0.839. The molecule has 0 aliphatic rings. The molecule has 2 aromatic rings. The minimum absolute atomic E-state index is 0.0494. The van der Waals surface area contributed by atoms with Crippen molar-refractivity contribution in [2.75, 3.05) is 0 Å². The average molecular weight is 297 g/mol. The van der Waals surface area contributed by atoms with Crippen LogP contribution in [0.1, 0.15) is 16.1 Å². The molecule has 0 amide bonds. The Labute approximate surface area is 116 Å². The molecular formula is C12H15N3O2S2. The number of sulfonamides is 1. The van der Waals surface area contributed by atoms with Crippen LogP contribution in [0.4, 0.5) is 0 Å². The number of nitrogens with zero attached hydrogens (tertiary/aromatic N) is 1. The Morgan fingerprint density at radius 3 is 2.79 bits per heavy atom. The zero-order valence-electron chi connectivity index (χ0n) is 10.2. The molecule has 0 aliphatic heterocycles. The lowest BCUT2D eigenvalue weighted by atomic mass is 10.1. The van der Waals surface area contributed by atoms with Gasteiger partial charge in [-0.2, -0.15) is 0 Å². The van der Waals surface area contributed by atoms with Gasteiger partial charge in [-0.1, -0.05) is 24.3 Å². The summed E-state index contributed by atoms with van der Waals surface area (Å²) < 4.78 is 26.4.